The van der Waals surface area contributed by atoms with Gasteiger partial charge in [-0.25, -0.2) is 0 Å². The van der Waals surface area contributed by atoms with Crippen molar-refractivity contribution in [3.8, 4) is 0 Å². The Hall–Kier alpha value is -7.93. The molecule has 5 rings (SSSR count). The number of aliphatic hydroxyl groups excluding tert-OH is 2. The van der Waals surface area contributed by atoms with Crippen LogP contribution in [0.4, 0.5) is 0 Å². The number of aromatic amines is 1. The number of carbonyl (C=O) groups excluding carboxylic acids is 11. The summed E-state index contributed by atoms with van der Waals surface area (Å²) in [4.78, 5) is 150. The summed E-state index contributed by atoms with van der Waals surface area (Å²) >= 11 is 0. The first-order valence-electron chi connectivity index (χ1n) is 24.7. The molecule has 10 atom stereocenters. The van der Waals surface area contributed by atoms with E-state index < -0.39 is 133 Å². The molecule has 1 aromatic heterocycles. The second-order valence-electron chi connectivity index (χ2n) is 19.3. The van der Waals surface area contributed by atoms with Crippen molar-refractivity contribution in [1.29, 1.82) is 0 Å². The average molecular weight is 1050 g/mol. The van der Waals surface area contributed by atoms with Gasteiger partial charge < -0.3 is 74.1 Å². The highest BCUT2D eigenvalue weighted by Gasteiger charge is 2.42. The van der Waals surface area contributed by atoms with Gasteiger partial charge >= 0.3 is 0 Å². The number of H-pyrrole nitrogens is 1. The lowest BCUT2D eigenvalue weighted by atomic mass is 10.0. The predicted molar refractivity (Wildman–Crippen MR) is 268 cm³/mol. The smallest absolute Gasteiger partial charge is 0.248 e. The number of nitrogens with zero attached hydrogens (tertiary/aromatic N) is 1. The van der Waals surface area contributed by atoms with Crippen molar-refractivity contribution in [2.24, 2.45) is 17.4 Å². The van der Waals surface area contributed by atoms with Crippen molar-refractivity contribution in [2.45, 2.75) is 140 Å². The van der Waals surface area contributed by atoms with Crippen molar-refractivity contribution in [2.75, 3.05) is 13.1 Å². The summed E-state index contributed by atoms with van der Waals surface area (Å²) in [7, 11) is 0. The number of para-hydroxylation sites is 1. The van der Waals surface area contributed by atoms with Crippen LogP contribution in [0.5, 0.6) is 0 Å². The van der Waals surface area contributed by atoms with Crippen LogP contribution in [0.2, 0.25) is 0 Å². The van der Waals surface area contributed by atoms with E-state index in [0.29, 0.717) is 11.1 Å². The van der Waals surface area contributed by atoms with Crippen molar-refractivity contribution in [3.63, 3.8) is 0 Å². The molecule has 2 aliphatic rings. The molecule has 0 spiro atoms. The van der Waals surface area contributed by atoms with E-state index in [1.54, 1.807) is 74.6 Å². The van der Waals surface area contributed by atoms with Crippen LogP contribution in [0.3, 0.4) is 0 Å². The second kappa shape index (κ2) is 26.9. The number of primary amides is 2. The quantitative estimate of drug-likeness (QED) is 0.0371. The van der Waals surface area contributed by atoms with Crippen molar-refractivity contribution in [3.05, 3.63) is 71.9 Å². The SMILES string of the molecule is CC(C)C[C@H](NC(=O)[C@@H]1CCC(=O)N1)C(=O)N[C@H](C(=O)N[C@@H](Cc1ccccc1)C(=O)N[C@H](C(=O)N1CCC[C@H]1C(=O)N[C@@H](CC(N)=O)C(=O)N[C@@H](Cc1c[nH]c2ccccc12)C(=O)NCC(N)=O)[C@@H](C)O)[C@@H](C)O. The maximum absolute atomic E-state index is 14.4. The van der Waals surface area contributed by atoms with Crippen LogP contribution >= 0.6 is 0 Å². The maximum Gasteiger partial charge on any atom is 0.248 e. The minimum absolute atomic E-state index is 0.0413. The molecule has 75 heavy (non-hydrogen) atoms. The summed E-state index contributed by atoms with van der Waals surface area (Å²) in [5.74, 6) is -9.39. The Morgan fingerprint density at radius 2 is 1.27 bits per heavy atom. The van der Waals surface area contributed by atoms with E-state index in [4.69, 9.17) is 11.5 Å². The van der Waals surface area contributed by atoms with Gasteiger partial charge in [-0.1, -0.05) is 62.4 Å². The zero-order valence-corrected chi connectivity index (χ0v) is 42.2. The van der Waals surface area contributed by atoms with Gasteiger partial charge in [0.05, 0.1) is 25.2 Å². The van der Waals surface area contributed by atoms with Crippen LogP contribution in [0.25, 0.3) is 10.9 Å². The standard InChI is InChI=1S/C50H68N12O13/c1-25(2)19-33(56-44(69)32-16-17-40(67)55-32)46(71)60-41(26(3)63)49(74)59-34(20-28-11-6-5-7-12-28)47(72)61-42(27(4)64)50(75)62-18-10-15-37(62)48(73)58-36(22-38(51)65)45(70)57-35(43(68)54-24-39(52)66)21-29-23-53-31-14-9-8-13-30(29)31/h5-9,11-14,23,25-27,32-37,41-42,53,63-64H,10,15-22,24H2,1-4H3,(H2,51,65)(H2,52,66)(H,54,68)(H,55,67)(H,56,69)(H,57,70)(H,58,73)(H,59,74)(H,60,71)(H,61,72)/t26-,27-,32+,33+,34+,35+,36+,37+,41+,42+/m1/s1. The van der Waals surface area contributed by atoms with Gasteiger partial charge in [0.25, 0.3) is 0 Å². The Bertz CT molecular complexity index is 2590. The first kappa shape index (κ1) is 58.0. The minimum atomic E-state index is -1.73. The van der Waals surface area contributed by atoms with Gasteiger partial charge in [0.1, 0.15) is 48.3 Å². The zero-order valence-electron chi connectivity index (χ0n) is 42.2. The molecule has 0 aliphatic carbocycles. The Labute approximate surface area is 432 Å². The number of hydrogen-bond acceptors (Lipinski definition) is 13. The number of fused-ring (bicyclic) bond motifs is 1. The zero-order chi connectivity index (χ0) is 55.1. The Morgan fingerprint density at radius 3 is 1.89 bits per heavy atom. The third-order valence-corrected chi connectivity index (χ3v) is 12.7. The fourth-order valence-corrected chi connectivity index (χ4v) is 8.87. The number of rotatable bonds is 26. The van der Waals surface area contributed by atoms with Crippen molar-refractivity contribution < 1.29 is 63.0 Å². The molecule has 2 fully saturated rings. The van der Waals surface area contributed by atoms with E-state index in [9.17, 15) is 63.0 Å². The number of hydrogen-bond donors (Lipinski definition) is 13. The lowest BCUT2D eigenvalue weighted by Gasteiger charge is -2.32. The number of likely N-dealkylation sites (tertiary alicyclic amines) is 1. The number of benzene rings is 2. The average Bonchev–Trinajstić information content (AvgIpc) is 4.13. The second-order valence-corrected chi connectivity index (χ2v) is 19.3. The number of aliphatic hydroxyl groups is 2. The topological polar surface area (TPSA) is 396 Å². The largest absolute Gasteiger partial charge is 0.391 e. The summed E-state index contributed by atoms with van der Waals surface area (Å²) in [6.07, 6.45) is -1.77. The Morgan fingerprint density at radius 1 is 0.667 bits per heavy atom. The van der Waals surface area contributed by atoms with Crippen LogP contribution in [0.15, 0.2) is 60.8 Å². The van der Waals surface area contributed by atoms with E-state index >= 15 is 0 Å². The summed E-state index contributed by atoms with van der Waals surface area (Å²) in [6.45, 7) is 5.43. The molecule has 3 heterocycles. The molecule has 3 aromatic rings. The molecule has 0 saturated carbocycles. The van der Waals surface area contributed by atoms with Gasteiger partial charge in [-0.05, 0) is 62.6 Å². The fraction of sp³-hybridized carbons (Fsp3) is 0.500. The summed E-state index contributed by atoms with van der Waals surface area (Å²) in [5, 5.41) is 42.6. The van der Waals surface area contributed by atoms with Crippen LogP contribution in [-0.2, 0) is 65.6 Å². The number of amides is 11. The normalized spacial score (nSPS) is 18.4. The highest BCUT2D eigenvalue weighted by Crippen LogP contribution is 2.22. The van der Waals surface area contributed by atoms with Gasteiger partial charge in [0.15, 0.2) is 0 Å². The third kappa shape index (κ3) is 16.5. The molecular formula is C50H68N12O13. The van der Waals surface area contributed by atoms with E-state index in [2.05, 4.69) is 47.5 Å². The molecule has 2 aliphatic heterocycles. The molecular weight excluding hydrogens is 977 g/mol. The molecule has 25 nitrogen and oxygen atoms in total. The first-order valence-corrected chi connectivity index (χ1v) is 24.7. The maximum atomic E-state index is 14.4. The summed E-state index contributed by atoms with van der Waals surface area (Å²) in [5.41, 5.74) is 12.6. The lowest BCUT2D eigenvalue weighted by molar-refractivity contribution is -0.145. The highest BCUT2D eigenvalue weighted by atomic mass is 16.3. The van der Waals surface area contributed by atoms with Gasteiger partial charge in [0.2, 0.25) is 65.0 Å². The fourth-order valence-electron chi connectivity index (χ4n) is 8.87. The number of carbonyl (C=O) groups is 11. The van der Waals surface area contributed by atoms with Gasteiger partial charge in [0, 0.05) is 42.9 Å². The summed E-state index contributed by atoms with van der Waals surface area (Å²) < 4.78 is 0. The third-order valence-electron chi connectivity index (χ3n) is 12.7. The van der Waals surface area contributed by atoms with Crippen molar-refractivity contribution in [1.82, 2.24) is 52.4 Å². The molecule has 0 radical (unpaired) electrons. The van der Waals surface area contributed by atoms with E-state index in [1.807, 2.05) is 0 Å². The Balaban J connectivity index is 1.31. The molecule has 406 valence electrons. The molecule has 15 N–H and O–H groups in total. The van der Waals surface area contributed by atoms with Gasteiger partial charge in [-0.15, -0.1) is 0 Å². The van der Waals surface area contributed by atoms with Gasteiger partial charge in [-0.3, -0.25) is 52.7 Å². The van der Waals surface area contributed by atoms with Crippen LogP contribution in [-0.4, -0.2) is 159 Å². The highest BCUT2D eigenvalue weighted by molar-refractivity contribution is 6.00. The number of nitrogens with two attached hydrogens (primary N) is 2. The predicted octanol–water partition coefficient (Wildman–Crippen LogP) is -3.58. The van der Waals surface area contributed by atoms with Crippen LogP contribution < -0.4 is 54.0 Å². The van der Waals surface area contributed by atoms with E-state index in [0.717, 1.165) is 15.8 Å². The molecule has 2 aromatic carbocycles. The molecule has 0 unspecified atom stereocenters. The molecule has 0 bridgehead atoms. The lowest BCUT2D eigenvalue weighted by Crippen LogP contribution is -2.63. The summed E-state index contributed by atoms with van der Waals surface area (Å²) in [6, 6.07) is 4.24. The number of aromatic nitrogens is 1. The van der Waals surface area contributed by atoms with E-state index in [1.165, 1.54) is 13.8 Å². The van der Waals surface area contributed by atoms with Gasteiger partial charge in [-0.2, -0.15) is 0 Å². The van der Waals surface area contributed by atoms with Crippen LogP contribution in [0, 0.1) is 5.92 Å². The van der Waals surface area contributed by atoms with E-state index in [-0.39, 0.29) is 63.3 Å². The first-order chi connectivity index (χ1) is 35.5. The van der Waals surface area contributed by atoms with Crippen molar-refractivity contribution >= 4 is 75.9 Å². The monoisotopic (exact) mass is 1040 g/mol. The molecule has 25 heteroatoms. The minimum Gasteiger partial charge on any atom is -0.391 e. The Kier molecular flexibility index (Phi) is 20.8. The van der Waals surface area contributed by atoms with Crippen LogP contribution in [0.1, 0.15) is 77.3 Å². The molecule has 11 amide bonds. The number of nitrogens with one attached hydrogen (secondary N) is 9. The molecule has 2 saturated heterocycles.